The second-order valence-electron chi connectivity index (χ2n) is 6.16. The van der Waals surface area contributed by atoms with E-state index in [1.165, 1.54) is 38.8 Å². The lowest BCUT2D eigenvalue weighted by Gasteiger charge is -2.47. The second kappa shape index (κ2) is 5.66. The van der Waals surface area contributed by atoms with Gasteiger partial charge in [0.15, 0.2) is 0 Å². The van der Waals surface area contributed by atoms with Gasteiger partial charge in [-0.1, -0.05) is 0 Å². The maximum atomic E-state index is 12.3. The Bertz CT molecular complexity index is 224. The van der Waals surface area contributed by atoms with Gasteiger partial charge in [-0.2, -0.15) is 0 Å². The van der Waals surface area contributed by atoms with Crippen molar-refractivity contribution in [1.29, 1.82) is 0 Å². The smallest absolute Gasteiger partial charge is 0.102 e. The van der Waals surface area contributed by atoms with Crippen LogP contribution in [0.1, 0.15) is 39.5 Å². The molecule has 0 amide bonds. The van der Waals surface area contributed by atoms with Crippen molar-refractivity contribution in [3.05, 3.63) is 0 Å². The zero-order valence-corrected chi connectivity index (χ0v) is 11.4. The van der Waals surface area contributed by atoms with E-state index in [9.17, 15) is 4.39 Å². The van der Waals surface area contributed by atoms with Crippen molar-refractivity contribution in [2.45, 2.75) is 45.6 Å². The van der Waals surface area contributed by atoms with E-state index < -0.39 is 0 Å². The fourth-order valence-electron chi connectivity index (χ4n) is 3.39. The Morgan fingerprint density at radius 3 is 2.00 bits per heavy atom. The van der Waals surface area contributed by atoms with Crippen molar-refractivity contribution >= 4 is 0 Å². The molecule has 0 saturated carbocycles. The van der Waals surface area contributed by atoms with Gasteiger partial charge in [0, 0.05) is 12.6 Å². The normalized spacial score (nSPS) is 26.8. The molecule has 2 fully saturated rings. The maximum absolute atomic E-state index is 12.3. The van der Waals surface area contributed by atoms with Crippen LogP contribution in [0.2, 0.25) is 0 Å². The molecule has 2 nitrogen and oxygen atoms in total. The topological polar surface area (TPSA) is 6.48 Å². The zero-order valence-electron chi connectivity index (χ0n) is 11.4. The standard InChI is InChI=1S/C14H27FN2/c1-13(2)17-10-5-14(6-11-17)3-8-16(9-4-14)12-7-15/h13H,3-12H2,1-2H3. The SMILES string of the molecule is CC(C)N1CCC2(CCN(CCF)CC2)CC1. The van der Waals surface area contributed by atoms with Crippen LogP contribution in [0.25, 0.3) is 0 Å². The molecule has 0 bridgehead atoms. The third kappa shape index (κ3) is 3.19. The van der Waals surface area contributed by atoms with Gasteiger partial charge in [0.05, 0.1) is 0 Å². The summed E-state index contributed by atoms with van der Waals surface area (Å²) in [5, 5.41) is 0. The Balaban J connectivity index is 1.80. The summed E-state index contributed by atoms with van der Waals surface area (Å²) in [4.78, 5) is 4.89. The predicted octanol–water partition coefficient (Wildman–Crippen LogP) is 2.54. The minimum absolute atomic E-state index is 0.186. The fourth-order valence-corrected chi connectivity index (χ4v) is 3.39. The van der Waals surface area contributed by atoms with Crippen LogP contribution in [0.4, 0.5) is 4.39 Å². The van der Waals surface area contributed by atoms with Gasteiger partial charge in [-0.15, -0.1) is 0 Å². The number of nitrogens with zero attached hydrogens (tertiary/aromatic N) is 2. The Hall–Kier alpha value is -0.150. The first kappa shape index (κ1) is 13.3. The molecule has 0 aliphatic carbocycles. The summed E-state index contributed by atoms with van der Waals surface area (Å²) in [6, 6.07) is 0.693. The Kier molecular flexibility index (Phi) is 4.42. The molecule has 0 aromatic rings. The predicted molar refractivity (Wildman–Crippen MR) is 70.0 cm³/mol. The van der Waals surface area contributed by atoms with E-state index in [4.69, 9.17) is 0 Å². The highest BCUT2D eigenvalue weighted by atomic mass is 19.1. The largest absolute Gasteiger partial charge is 0.301 e. The molecule has 2 aliphatic rings. The molecule has 2 saturated heterocycles. The third-order valence-electron chi connectivity index (χ3n) is 4.91. The Labute approximate surface area is 105 Å². The van der Waals surface area contributed by atoms with Gasteiger partial charge in [0.1, 0.15) is 6.67 Å². The van der Waals surface area contributed by atoms with Crippen molar-refractivity contribution in [3.63, 3.8) is 0 Å². The minimum Gasteiger partial charge on any atom is -0.301 e. The monoisotopic (exact) mass is 242 g/mol. The van der Waals surface area contributed by atoms with Crippen LogP contribution in [0.3, 0.4) is 0 Å². The molecule has 0 radical (unpaired) electrons. The van der Waals surface area contributed by atoms with E-state index in [0.29, 0.717) is 18.0 Å². The molecule has 0 N–H and O–H groups in total. The molecule has 17 heavy (non-hydrogen) atoms. The van der Waals surface area contributed by atoms with E-state index in [1.807, 2.05) is 0 Å². The van der Waals surface area contributed by atoms with Gasteiger partial charge in [-0.3, -0.25) is 0 Å². The Morgan fingerprint density at radius 2 is 1.53 bits per heavy atom. The number of halogens is 1. The molecule has 3 heteroatoms. The summed E-state index contributed by atoms with van der Waals surface area (Å²) in [6.07, 6.45) is 5.29. The van der Waals surface area contributed by atoms with Crippen LogP contribution < -0.4 is 0 Å². The number of hydrogen-bond acceptors (Lipinski definition) is 2. The van der Waals surface area contributed by atoms with Crippen molar-refractivity contribution in [2.24, 2.45) is 5.41 Å². The summed E-state index contributed by atoms with van der Waals surface area (Å²) >= 11 is 0. The molecule has 0 unspecified atom stereocenters. The van der Waals surface area contributed by atoms with Crippen LogP contribution in [0, 0.1) is 5.41 Å². The van der Waals surface area contributed by atoms with Gasteiger partial charge < -0.3 is 9.80 Å². The zero-order chi connectivity index (χ0) is 12.3. The number of alkyl halides is 1. The molecular weight excluding hydrogens is 215 g/mol. The molecule has 0 aromatic heterocycles. The van der Waals surface area contributed by atoms with Crippen LogP contribution in [0.15, 0.2) is 0 Å². The average molecular weight is 242 g/mol. The van der Waals surface area contributed by atoms with E-state index >= 15 is 0 Å². The quantitative estimate of drug-likeness (QED) is 0.750. The third-order valence-corrected chi connectivity index (χ3v) is 4.91. The highest BCUT2D eigenvalue weighted by Gasteiger charge is 2.37. The summed E-state index contributed by atoms with van der Waals surface area (Å²) in [7, 11) is 0. The van der Waals surface area contributed by atoms with Gasteiger partial charge in [0.2, 0.25) is 0 Å². The second-order valence-corrected chi connectivity index (χ2v) is 6.16. The van der Waals surface area contributed by atoms with E-state index in [-0.39, 0.29) is 6.67 Å². The lowest BCUT2D eigenvalue weighted by molar-refractivity contribution is 0.0238. The Morgan fingerprint density at radius 1 is 1.00 bits per heavy atom. The molecule has 2 rings (SSSR count). The van der Waals surface area contributed by atoms with Gasteiger partial charge >= 0.3 is 0 Å². The number of hydrogen-bond donors (Lipinski definition) is 0. The number of piperidine rings is 2. The highest BCUT2D eigenvalue weighted by molar-refractivity contribution is 4.91. The molecule has 0 aromatic carbocycles. The number of likely N-dealkylation sites (tertiary alicyclic amines) is 2. The summed E-state index contributed by atoms with van der Waals surface area (Å²) in [5.74, 6) is 0. The fraction of sp³-hybridized carbons (Fsp3) is 1.00. The molecule has 2 heterocycles. The first-order valence-electron chi connectivity index (χ1n) is 7.18. The van der Waals surface area contributed by atoms with E-state index in [0.717, 1.165) is 13.1 Å². The molecule has 100 valence electrons. The summed E-state index contributed by atoms with van der Waals surface area (Å²) in [5.41, 5.74) is 0.595. The van der Waals surface area contributed by atoms with Crippen LogP contribution in [0.5, 0.6) is 0 Å². The maximum Gasteiger partial charge on any atom is 0.102 e. The summed E-state index contributed by atoms with van der Waals surface area (Å²) < 4.78 is 12.3. The van der Waals surface area contributed by atoms with E-state index in [1.54, 1.807) is 0 Å². The van der Waals surface area contributed by atoms with Crippen molar-refractivity contribution in [3.8, 4) is 0 Å². The molecule has 2 aliphatic heterocycles. The van der Waals surface area contributed by atoms with Crippen LogP contribution in [-0.4, -0.2) is 55.2 Å². The van der Waals surface area contributed by atoms with E-state index in [2.05, 4.69) is 23.6 Å². The number of rotatable bonds is 3. The lowest BCUT2D eigenvalue weighted by atomic mass is 9.71. The average Bonchev–Trinajstić information content (AvgIpc) is 2.33. The molecular formula is C14H27FN2. The van der Waals surface area contributed by atoms with Crippen LogP contribution in [-0.2, 0) is 0 Å². The lowest BCUT2D eigenvalue weighted by Crippen LogP contribution is -2.48. The van der Waals surface area contributed by atoms with Crippen LogP contribution >= 0.6 is 0 Å². The van der Waals surface area contributed by atoms with Gasteiger partial charge in [-0.25, -0.2) is 4.39 Å². The summed E-state index contributed by atoms with van der Waals surface area (Å²) in [6.45, 7) is 9.81. The minimum atomic E-state index is -0.186. The van der Waals surface area contributed by atoms with Crippen molar-refractivity contribution in [2.75, 3.05) is 39.4 Å². The van der Waals surface area contributed by atoms with Gasteiger partial charge in [-0.05, 0) is 71.1 Å². The molecule has 1 spiro atoms. The van der Waals surface area contributed by atoms with Gasteiger partial charge in [0.25, 0.3) is 0 Å². The highest BCUT2D eigenvalue weighted by Crippen LogP contribution is 2.41. The van der Waals surface area contributed by atoms with Crippen molar-refractivity contribution < 1.29 is 4.39 Å². The first-order valence-corrected chi connectivity index (χ1v) is 7.18. The van der Waals surface area contributed by atoms with Crippen molar-refractivity contribution in [1.82, 2.24) is 9.80 Å². The molecule has 0 atom stereocenters. The first-order chi connectivity index (χ1) is 8.15.